The maximum absolute atomic E-state index is 13.5. The lowest BCUT2D eigenvalue weighted by atomic mass is 10.00. The topological polar surface area (TPSA) is 111 Å². The van der Waals surface area contributed by atoms with Gasteiger partial charge in [0.1, 0.15) is 30.0 Å². The second kappa shape index (κ2) is 12.8. The van der Waals surface area contributed by atoms with Gasteiger partial charge in [0.2, 0.25) is 0 Å². The summed E-state index contributed by atoms with van der Waals surface area (Å²) in [7, 11) is 2.90. The Morgan fingerprint density at radius 2 is 1.70 bits per heavy atom. The largest absolute Gasteiger partial charge is 0.496 e. The number of anilines is 2. The van der Waals surface area contributed by atoms with E-state index >= 15 is 0 Å². The van der Waals surface area contributed by atoms with Gasteiger partial charge in [-0.1, -0.05) is 18.2 Å². The first kappa shape index (κ1) is 29.3. The van der Waals surface area contributed by atoms with Gasteiger partial charge in [-0.25, -0.2) is 14.6 Å². The molecule has 0 radical (unpaired) electrons. The standard InChI is InChI=1S/C33H36N4O7/c1-41-29-19-26(44-25-13-17-35(18-14-25)30-10-7-22(20-34-30)32(39)42-2)8-9-27(29)31(38)36-15-11-24(12-16-36)37-28-6-4-3-5-23(28)21-43-33(37)40/h3-10,19-20,24-25H,11-18,21H2,1-2H3. The lowest BCUT2D eigenvalue weighted by Gasteiger charge is -2.40. The van der Waals surface area contributed by atoms with Crippen molar-refractivity contribution in [1.29, 1.82) is 0 Å². The number of fused-ring (bicyclic) bond motifs is 1. The summed E-state index contributed by atoms with van der Waals surface area (Å²) in [5.74, 6) is 1.42. The zero-order chi connectivity index (χ0) is 30.6. The zero-order valence-corrected chi connectivity index (χ0v) is 24.9. The maximum atomic E-state index is 13.5. The van der Waals surface area contributed by atoms with E-state index in [1.165, 1.54) is 13.3 Å². The molecular weight excluding hydrogens is 564 g/mol. The van der Waals surface area contributed by atoms with Crippen molar-refractivity contribution in [2.45, 2.75) is 44.4 Å². The van der Waals surface area contributed by atoms with Gasteiger partial charge in [-0.05, 0) is 43.2 Å². The van der Waals surface area contributed by atoms with Crippen LogP contribution >= 0.6 is 0 Å². The first-order valence-corrected chi connectivity index (χ1v) is 14.9. The van der Waals surface area contributed by atoms with Crippen molar-refractivity contribution in [2.75, 3.05) is 50.2 Å². The molecule has 2 amide bonds. The number of nitrogens with zero attached hydrogens (tertiary/aromatic N) is 4. The van der Waals surface area contributed by atoms with Gasteiger partial charge < -0.3 is 28.7 Å². The Bertz CT molecular complexity index is 1510. The summed E-state index contributed by atoms with van der Waals surface area (Å²) in [5.41, 5.74) is 2.79. The number of ether oxygens (including phenoxy) is 4. The van der Waals surface area contributed by atoms with E-state index in [9.17, 15) is 14.4 Å². The molecule has 0 N–H and O–H groups in total. The second-order valence-electron chi connectivity index (χ2n) is 11.1. The molecule has 3 aliphatic rings. The number of esters is 1. The van der Waals surface area contributed by atoms with Crippen molar-refractivity contribution in [2.24, 2.45) is 0 Å². The van der Waals surface area contributed by atoms with Crippen molar-refractivity contribution >= 4 is 29.5 Å². The highest BCUT2D eigenvalue weighted by Crippen LogP contribution is 2.33. The number of aromatic nitrogens is 1. The molecule has 2 saturated heterocycles. The van der Waals surface area contributed by atoms with Crippen LogP contribution in [0.5, 0.6) is 11.5 Å². The van der Waals surface area contributed by atoms with Crippen LogP contribution in [0.3, 0.4) is 0 Å². The number of amides is 2. The molecule has 0 bridgehead atoms. The monoisotopic (exact) mass is 600 g/mol. The SMILES string of the molecule is COC(=O)c1ccc(N2CCC(Oc3ccc(C(=O)N4CCC(N5C(=O)OCc6ccccc65)CC4)c(OC)c3)CC2)nc1. The Labute approximate surface area is 256 Å². The molecule has 3 aromatic rings. The number of piperidine rings is 2. The Balaban J connectivity index is 1.04. The number of hydrogen-bond donors (Lipinski definition) is 0. The van der Waals surface area contributed by atoms with Crippen LogP contribution in [-0.2, 0) is 16.1 Å². The summed E-state index contributed by atoms with van der Waals surface area (Å²) in [5, 5.41) is 0. The number of pyridine rings is 1. The molecular formula is C33H36N4O7. The fraction of sp³-hybridized carbons (Fsp3) is 0.394. The van der Waals surface area contributed by atoms with E-state index in [0.29, 0.717) is 48.6 Å². The van der Waals surface area contributed by atoms with Crippen molar-refractivity contribution in [3.63, 3.8) is 0 Å². The Morgan fingerprint density at radius 3 is 2.41 bits per heavy atom. The number of cyclic esters (lactones) is 1. The first-order valence-electron chi connectivity index (χ1n) is 14.9. The molecule has 3 aliphatic heterocycles. The number of benzene rings is 2. The summed E-state index contributed by atoms with van der Waals surface area (Å²) < 4.78 is 22.1. The molecule has 1 aromatic heterocycles. The van der Waals surface area contributed by atoms with E-state index in [2.05, 4.69) is 9.88 Å². The Hall–Kier alpha value is -4.80. The quantitative estimate of drug-likeness (QED) is 0.357. The fourth-order valence-electron chi connectivity index (χ4n) is 6.15. The first-order chi connectivity index (χ1) is 21.4. The molecule has 2 fully saturated rings. The molecule has 0 spiro atoms. The average molecular weight is 601 g/mol. The number of para-hydroxylation sites is 1. The van der Waals surface area contributed by atoms with Gasteiger partial charge in [-0.15, -0.1) is 0 Å². The van der Waals surface area contributed by atoms with Gasteiger partial charge in [0.05, 0.1) is 31.0 Å². The summed E-state index contributed by atoms with van der Waals surface area (Å²) in [6.07, 6.45) is 4.12. The Morgan fingerprint density at radius 1 is 0.932 bits per heavy atom. The molecule has 2 aromatic carbocycles. The molecule has 230 valence electrons. The molecule has 6 rings (SSSR count). The van der Waals surface area contributed by atoms with Crippen molar-refractivity contribution in [3.8, 4) is 11.5 Å². The highest BCUT2D eigenvalue weighted by molar-refractivity contribution is 5.97. The third kappa shape index (κ3) is 5.99. The van der Waals surface area contributed by atoms with Gasteiger partial charge in [-0.3, -0.25) is 9.69 Å². The van der Waals surface area contributed by atoms with Crippen LogP contribution in [0.25, 0.3) is 0 Å². The van der Waals surface area contributed by atoms with Crippen molar-refractivity contribution < 1.29 is 33.3 Å². The summed E-state index contributed by atoms with van der Waals surface area (Å²) >= 11 is 0. The minimum Gasteiger partial charge on any atom is -0.496 e. The van der Waals surface area contributed by atoms with Crippen LogP contribution in [0.1, 0.15) is 52.0 Å². The lowest BCUT2D eigenvalue weighted by molar-refractivity contribution is 0.0599. The molecule has 0 atom stereocenters. The number of methoxy groups -OCH3 is 2. The van der Waals surface area contributed by atoms with E-state index in [1.807, 2.05) is 41.3 Å². The van der Waals surface area contributed by atoms with Crippen LogP contribution in [0.2, 0.25) is 0 Å². The number of likely N-dealkylation sites (tertiary alicyclic amines) is 1. The summed E-state index contributed by atoms with van der Waals surface area (Å²) in [6, 6.07) is 16.7. The van der Waals surface area contributed by atoms with Crippen molar-refractivity contribution in [1.82, 2.24) is 9.88 Å². The fourth-order valence-corrected chi connectivity index (χ4v) is 6.15. The van der Waals surface area contributed by atoms with Gasteiger partial charge >= 0.3 is 12.1 Å². The van der Waals surface area contributed by atoms with E-state index in [4.69, 9.17) is 18.9 Å². The molecule has 44 heavy (non-hydrogen) atoms. The average Bonchev–Trinajstić information content (AvgIpc) is 3.08. The van der Waals surface area contributed by atoms with Gasteiger partial charge in [-0.2, -0.15) is 0 Å². The second-order valence-corrected chi connectivity index (χ2v) is 11.1. The summed E-state index contributed by atoms with van der Waals surface area (Å²) in [4.78, 5) is 48.0. The lowest BCUT2D eigenvalue weighted by Crippen LogP contribution is -2.50. The predicted octanol–water partition coefficient (Wildman–Crippen LogP) is 4.69. The van der Waals surface area contributed by atoms with Crippen LogP contribution in [0.15, 0.2) is 60.8 Å². The van der Waals surface area contributed by atoms with Crippen LogP contribution in [0.4, 0.5) is 16.3 Å². The third-order valence-electron chi connectivity index (χ3n) is 8.56. The number of carbonyl (C=O) groups is 3. The smallest absolute Gasteiger partial charge is 0.414 e. The van der Waals surface area contributed by atoms with Gasteiger partial charge in [0, 0.05) is 62.9 Å². The zero-order valence-electron chi connectivity index (χ0n) is 24.9. The summed E-state index contributed by atoms with van der Waals surface area (Å²) in [6.45, 7) is 2.86. The van der Waals surface area contributed by atoms with Crippen molar-refractivity contribution in [3.05, 3.63) is 77.5 Å². The molecule has 0 aliphatic carbocycles. The van der Waals surface area contributed by atoms with E-state index in [0.717, 1.165) is 43.0 Å². The number of carbonyl (C=O) groups excluding carboxylic acids is 3. The maximum Gasteiger partial charge on any atom is 0.414 e. The minimum atomic E-state index is -0.406. The molecule has 11 nitrogen and oxygen atoms in total. The third-order valence-corrected chi connectivity index (χ3v) is 8.56. The molecule has 0 saturated carbocycles. The van der Waals surface area contributed by atoms with Crippen LogP contribution in [0, 0.1) is 0 Å². The molecule has 4 heterocycles. The number of rotatable bonds is 7. The van der Waals surface area contributed by atoms with E-state index < -0.39 is 5.97 Å². The van der Waals surface area contributed by atoms with Gasteiger partial charge in [0.15, 0.2) is 0 Å². The highest BCUT2D eigenvalue weighted by atomic mass is 16.6. The minimum absolute atomic E-state index is 0.0116. The molecule has 11 heteroatoms. The van der Waals surface area contributed by atoms with Gasteiger partial charge in [0.25, 0.3) is 5.91 Å². The van der Waals surface area contributed by atoms with Crippen LogP contribution < -0.4 is 19.3 Å². The number of hydrogen-bond acceptors (Lipinski definition) is 9. The normalized spacial score (nSPS) is 17.5. The Kier molecular flexibility index (Phi) is 8.53. The van der Waals surface area contributed by atoms with Crippen LogP contribution in [-0.4, -0.2) is 80.4 Å². The van der Waals surface area contributed by atoms with E-state index in [1.54, 1.807) is 30.2 Å². The predicted molar refractivity (Wildman–Crippen MR) is 162 cm³/mol. The molecule has 0 unspecified atom stereocenters. The highest BCUT2D eigenvalue weighted by Gasteiger charge is 2.35. The van der Waals surface area contributed by atoms with E-state index in [-0.39, 0.29) is 30.8 Å².